The Kier molecular flexibility index (Phi) is 4.88. The SMILES string of the molecule is CCC1(C)CC(N(CC(=O)O)c2ccc(C)cc2)CCO1. The lowest BCUT2D eigenvalue weighted by atomic mass is 9.88. The molecule has 0 amide bonds. The Morgan fingerprint density at radius 2 is 2.10 bits per heavy atom. The fourth-order valence-corrected chi connectivity index (χ4v) is 2.93. The molecular weight excluding hydrogens is 266 g/mol. The molecule has 0 bridgehead atoms. The Morgan fingerprint density at radius 3 is 2.67 bits per heavy atom. The third-order valence-electron chi connectivity index (χ3n) is 4.43. The molecule has 1 aromatic rings. The molecule has 2 atom stereocenters. The zero-order valence-corrected chi connectivity index (χ0v) is 13.1. The number of anilines is 1. The van der Waals surface area contributed by atoms with Crippen LogP contribution in [-0.2, 0) is 9.53 Å². The van der Waals surface area contributed by atoms with E-state index in [2.05, 4.69) is 13.8 Å². The number of carboxylic acid groups (broad SMARTS) is 1. The molecule has 0 aromatic heterocycles. The van der Waals surface area contributed by atoms with Crippen LogP contribution in [-0.4, -0.2) is 35.9 Å². The van der Waals surface area contributed by atoms with Crippen molar-refractivity contribution < 1.29 is 14.6 Å². The van der Waals surface area contributed by atoms with Gasteiger partial charge in [0.25, 0.3) is 0 Å². The first-order valence-electron chi connectivity index (χ1n) is 7.62. The standard InChI is InChI=1S/C17H25NO3/c1-4-17(3)11-15(9-10-21-17)18(12-16(19)20)14-7-5-13(2)6-8-14/h5-8,15H,4,9-12H2,1-3H3,(H,19,20). The van der Waals surface area contributed by atoms with Crippen molar-refractivity contribution in [2.75, 3.05) is 18.1 Å². The van der Waals surface area contributed by atoms with E-state index in [9.17, 15) is 9.90 Å². The van der Waals surface area contributed by atoms with Gasteiger partial charge < -0.3 is 14.7 Å². The molecule has 0 aliphatic carbocycles. The Labute approximate surface area is 126 Å². The maximum atomic E-state index is 11.3. The Balaban J connectivity index is 2.23. The van der Waals surface area contributed by atoms with Crippen LogP contribution in [0.25, 0.3) is 0 Å². The van der Waals surface area contributed by atoms with Crippen LogP contribution in [0, 0.1) is 6.92 Å². The van der Waals surface area contributed by atoms with E-state index in [1.165, 1.54) is 5.56 Å². The quantitative estimate of drug-likeness (QED) is 0.905. The minimum Gasteiger partial charge on any atom is -0.480 e. The zero-order valence-electron chi connectivity index (χ0n) is 13.1. The number of aliphatic carboxylic acids is 1. The van der Waals surface area contributed by atoms with Crippen molar-refractivity contribution in [3.63, 3.8) is 0 Å². The molecule has 1 saturated heterocycles. The van der Waals surface area contributed by atoms with Crippen molar-refractivity contribution in [2.24, 2.45) is 0 Å². The molecule has 4 heteroatoms. The molecule has 1 aliphatic rings. The minimum atomic E-state index is -0.791. The zero-order chi connectivity index (χ0) is 15.5. The lowest BCUT2D eigenvalue weighted by Crippen LogP contribution is -2.48. The van der Waals surface area contributed by atoms with Gasteiger partial charge in [-0.3, -0.25) is 4.79 Å². The van der Waals surface area contributed by atoms with Gasteiger partial charge in [-0.1, -0.05) is 24.6 Å². The Hall–Kier alpha value is -1.55. The van der Waals surface area contributed by atoms with E-state index in [1.807, 2.05) is 36.1 Å². The second-order valence-electron chi connectivity index (χ2n) is 6.16. The van der Waals surface area contributed by atoms with Crippen molar-refractivity contribution in [3.05, 3.63) is 29.8 Å². The number of aryl methyl sites for hydroxylation is 1. The number of ether oxygens (including phenoxy) is 1. The summed E-state index contributed by atoms with van der Waals surface area (Å²) in [5, 5.41) is 9.24. The van der Waals surface area contributed by atoms with Crippen LogP contribution < -0.4 is 4.90 Å². The third-order valence-corrected chi connectivity index (χ3v) is 4.43. The first-order chi connectivity index (χ1) is 9.93. The van der Waals surface area contributed by atoms with Crippen molar-refractivity contribution in [1.82, 2.24) is 0 Å². The molecule has 1 aliphatic heterocycles. The number of carboxylic acids is 1. The Bertz CT molecular complexity index is 485. The van der Waals surface area contributed by atoms with Gasteiger partial charge in [-0.2, -0.15) is 0 Å². The summed E-state index contributed by atoms with van der Waals surface area (Å²) in [7, 11) is 0. The summed E-state index contributed by atoms with van der Waals surface area (Å²) in [4.78, 5) is 13.3. The average molecular weight is 291 g/mol. The summed E-state index contributed by atoms with van der Waals surface area (Å²) in [6, 6.07) is 8.29. The molecule has 1 N–H and O–H groups in total. The summed E-state index contributed by atoms with van der Waals surface area (Å²) < 4.78 is 5.88. The first-order valence-corrected chi connectivity index (χ1v) is 7.62. The highest BCUT2D eigenvalue weighted by Crippen LogP contribution is 2.32. The summed E-state index contributed by atoms with van der Waals surface area (Å²) in [5.41, 5.74) is 2.01. The second-order valence-corrected chi connectivity index (χ2v) is 6.16. The van der Waals surface area contributed by atoms with Crippen LogP contribution in [0.1, 0.15) is 38.7 Å². The van der Waals surface area contributed by atoms with Gasteiger partial charge in [0.15, 0.2) is 0 Å². The van der Waals surface area contributed by atoms with E-state index in [0.29, 0.717) is 6.61 Å². The molecule has 4 nitrogen and oxygen atoms in total. The number of carbonyl (C=O) groups is 1. The van der Waals surface area contributed by atoms with Gasteiger partial charge in [0, 0.05) is 18.3 Å². The van der Waals surface area contributed by atoms with E-state index in [1.54, 1.807) is 0 Å². The van der Waals surface area contributed by atoms with Gasteiger partial charge in [-0.15, -0.1) is 0 Å². The highest BCUT2D eigenvalue weighted by atomic mass is 16.5. The van der Waals surface area contributed by atoms with Crippen LogP contribution in [0.15, 0.2) is 24.3 Å². The van der Waals surface area contributed by atoms with Gasteiger partial charge in [-0.05, 0) is 45.2 Å². The monoisotopic (exact) mass is 291 g/mol. The predicted molar refractivity (Wildman–Crippen MR) is 83.8 cm³/mol. The van der Waals surface area contributed by atoms with E-state index in [4.69, 9.17) is 4.74 Å². The predicted octanol–water partition coefficient (Wildman–Crippen LogP) is 3.23. The molecule has 21 heavy (non-hydrogen) atoms. The number of nitrogens with zero attached hydrogens (tertiary/aromatic N) is 1. The fourth-order valence-electron chi connectivity index (χ4n) is 2.93. The summed E-state index contributed by atoms with van der Waals surface area (Å²) >= 11 is 0. The van der Waals surface area contributed by atoms with Gasteiger partial charge in [0.2, 0.25) is 0 Å². The molecule has 0 saturated carbocycles. The van der Waals surface area contributed by atoms with Crippen LogP contribution in [0.5, 0.6) is 0 Å². The molecule has 0 radical (unpaired) electrons. The smallest absolute Gasteiger partial charge is 0.323 e. The highest BCUT2D eigenvalue weighted by Gasteiger charge is 2.35. The van der Waals surface area contributed by atoms with Crippen LogP contribution in [0.4, 0.5) is 5.69 Å². The topological polar surface area (TPSA) is 49.8 Å². The molecule has 0 spiro atoms. The maximum absolute atomic E-state index is 11.3. The number of hydrogen-bond acceptors (Lipinski definition) is 3. The fraction of sp³-hybridized carbons (Fsp3) is 0.588. The normalized spacial score (nSPS) is 25.6. The first kappa shape index (κ1) is 15.8. The van der Waals surface area contributed by atoms with Crippen molar-refractivity contribution in [3.8, 4) is 0 Å². The van der Waals surface area contributed by atoms with Crippen LogP contribution >= 0.6 is 0 Å². The number of rotatable bonds is 5. The third kappa shape index (κ3) is 3.97. The van der Waals surface area contributed by atoms with E-state index in [-0.39, 0.29) is 18.2 Å². The van der Waals surface area contributed by atoms with Gasteiger partial charge in [-0.25, -0.2) is 0 Å². The van der Waals surface area contributed by atoms with Gasteiger partial charge >= 0.3 is 5.97 Å². The molecule has 1 fully saturated rings. The van der Waals surface area contributed by atoms with Crippen molar-refractivity contribution in [2.45, 2.75) is 51.7 Å². The molecule has 1 heterocycles. The Morgan fingerprint density at radius 1 is 1.43 bits per heavy atom. The lowest BCUT2D eigenvalue weighted by molar-refractivity contribution is -0.135. The molecule has 2 rings (SSSR count). The highest BCUT2D eigenvalue weighted by molar-refractivity contribution is 5.74. The lowest BCUT2D eigenvalue weighted by Gasteiger charge is -2.43. The van der Waals surface area contributed by atoms with Crippen molar-refractivity contribution >= 4 is 11.7 Å². The van der Waals surface area contributed by atoms with Crippen LogP contribution in [0.2, 0.25) is 0 Å². The van der Waals surface area contributed by atoms with Crippen LogP contribution in [0.3, 0.4) is 0 Å². The molecular formula is C17H25NO3. The van der Waals surface area contributed by atoms with E-state index >= 15 is 0 Å². The molecule has 2 unspecified atom stereocenters. The summed E-state index contributed by atoms with van der Waals surface area (Å²) in [6.07, 6.45) is 2.68. The van der Waals surface area contributed by atoms with E-state index < -0.39 is 5.97 Å². The van der Waals surface area contributed by atoms with Crippen molar-refractivity contribution in [1.29, 1.82) is 0 Å². The summed E-state index contributed by atoms with van der Waals surface area (Å²) in [6.45, 7) is 7.00. The average Bonchev–Trinajstić information content (AvgIpc) is 2.46. The van der Waals surface area contributed by atoms with Gasteiger partial charge in [0.1, 0.15) is 6.54 Å². The molecule has 116 valence electrons. The maximum Gasteiger partial charge on any atom is 0.323 e. The second kappa shape index (κ2) is 6.48. The number of benzene rings is 1. The van der Waals surface area contributed by atoms with E-state index in [0.717, 1.165) is 24.9 Å². The molecule has 1 aromatic carbocycles. The minimum absolute atomic E-state index is 0.0352. The number of hydrogen-bond donors (Lipinski definition) is 1. The summed E-state index contributed by atoms with van der Waals surface area (Å²) in [5.74, 6) is -0.791. The van der Waals surface area contributed by atoms with Gasteiger partial charge in [0.05, 0.1) is 5.60 Å². The largest absolute Gasteiger partial charge is 0.480 e.